The normalized spacial score (nSPS) is 15.8. The van der Waals surface area contributed by atoms with Crippen molar-refractivity contribution in [2.75, 3.05) is 4.90 Å². The van der Waals surface area contributed by atoms with Crippen LogP contribution in [-0.2, 0) is 9.59 Å². The summed E-state index contributed by atoms with van der Waals surface area (Å²) in [5.41, 5.74) is -0.607. The zero-order valence-corrected chi connectivity index (χ0v) is 15.0. The summed E-state index contributed by atoms with van der Waals surface area (Å²) in [4.78, 5) is 47.9. The highest BCUT2D eigenvalue weighted by Crippen LogP contribution is 2.36. The Balaban J connectivity index is 2.08. The van der Waals surface area contributed by atoms with Crippen molar-refractivity contribution in [2.45, 2.75) is 0 Å². The molecule has 0 saturated carbocycles. The first kappa shape index (κ1) is 18.3. The smallest absolute Gasteiger partial charge is 0.335 e. The van der Waals surface area contributed by atoms with Crippen LogP contribution in [0.4, 0.5) is 16.2 Å². The van der Waals surface area contributed by atoms with Crippen molar-refractivity contribution in [3.05, 3.63) is 68.2 Å². The van der Waals surface area contributed by atoms with Gasteiger partial charge in [-0.05, 0) is 45.8 Å². The number of nitro groups is 1. The molecule has 1 saturated heterocycles. The Morgan fingerprint density at radius 1 is 1.15 bits per heavy atom. The lowest BCUT2D eigenvalue weighted by atomic mass is 10.1. The number of halogens is 1. The molecule has 136 valence electrons. The van der Waals surface area contributed by atoms with Crippen LogP contribution in [0.15, 0.2) is 52.5 Å². The van der Waals surface area contributed by atoms with Gasteiger partial charge >= 0.3 is 11.7 Å². The maximum Gasteiger partial charge on any atom is 0.335 e. The fraction of sp³-hybridized carbons (Fsp3) is 0. The van der Waals surface area contributed by atoms with Crippen LogP contribution in [-0.4, -0.2) is 27.9 Å². The van der Waals surface area contributed by atoms with E-state index >= 15 is 0 Å². The fourth-order valence-electron chi connectivity index (χ4n) is 2.46. The topological polar surface area (TPSA) is 130 Å². The second-order valence-electron chi connectivity index (χ2n) is 5.42. The number of aromatic hydroxyl groups is 1. The van der Waals surface area contributed by atoms with Crippen molar-refractivity contribution in [2.24, 2.45) is 0 Å². The van der Waals surface area contributed by atoms with Gasteiger partial charge in [-0.3, -0.25) is 25.0 Å². The second-order valence-corrected chi connectivity index (χ2v) is 6.28. The van der Waals surface area contributed by atoms with Gasteiger partial charge in [-0.1, -0.05) is 18.2 Å². The number of barbiturate groups is 1. The number of rotatable bonds is 3. The van der Waals surface area contributed by atoms with Crippen molar-refractivity contribution in [1.82, 2.24) is 5.32 Å². The summed E-state index contributed by atoms with van der Waals surface area (Å²) in [7, 11) is 0. The van der Waals surface area contributed by atoms with Crippen molar-refractivity contribution in [1.29, 1.82) is 0 Å². The number of phenolic OH excluding ortho intramolecular Hbond substituents is 1. The molecule has 4 amide bonds. The van der Waals surface area contributed by atoms with Gasteiger partial charge in [0.25, 0.3) is 11.8 Å². The van der Waals surface area contributed by atoms with E-state index in [1.807, 2.05) is 0 Å². The SMILES string of the molecule is O=C1NC(=O)N(c2ccccc2)C(=O)/C1=C/c1cc(Br)c(O)c([N+](=O)[O-])c1. The van der Waals surface area contributed by atoms with Crippen LogP contribution in [0.3, 0.4) is 0 Å². The molecule has 3 rings (SSSR count). The molecule has 10 heteroatoms. The van der Waals surface area contributed by atoms with E-state index in [2.05, 4.69) is 21.2 Å². The quantitative estimate of drug-likeness (QED) is 0.332. The summed E-state index contributed by atoms with van der Waals surface area (Å²) in [6.07, 6.45) is 1.11. The van der Waals surface area contributed by atoms with Gasteiger partial charge in [0, 0.05) is 6.07 Å². The maximum absolute atomic E-state index is 12.7. The van der Waals surface area contributed by atoms with Gasteiger partial charge in [0.2, 0.25) is 5.75 Å². The minimum Gasteiger partial charge on any atom is -0.501 e. The van der Waals surface area contributed by atoms with E-state index in [9.17, 15) is 29.6 Å². The molecular formula is C17H10BrN3O6. The van der Waals surface area contributed by atoms with Crippen LogP contribution < -0.4 is 10.2 Å². The largest absolute Gasteiger partial charge is 0.501 e. The number of anilines is 1. The Labute approximate surface area is 160 Å². The number of urea groups is 1. The monoisotopic (exact) mass is 431 g/mol. The number of benzene rings is 2. The van der Waals surface area contributed by atoms with E-state index in [4.69, 9.17) is 0 Å². The second kappa shape index (κ2) is 7.00. The third-order valence-electron chi connectivity index (χ3n) is 3.69. The fourth-order valence-corrected chi connectivity index (χ4v) is 2.93. The van der Waals surface area contributed by atoms with Gasteiger partial charge in [-0.15, -0.1) is 0 Å². The summed E-state index contributed by atoms with van der Waals surface area (Å²) >= 11 is 2.98. The molecule has 1 aliphatic rings. The van der Waals surface area contributed by atoms with Crippen LogP contribution in [0.5, 0.6) is 5.75 Å². The standard InChI is InChI=1S/C17H10BrN3O6/c18-12-7-9(8-13(14(12)22)21(26)27)6-11-15(23)19-17(25)20(16(11)24)10-4-2-1-3-5-10/h1-8,22H,(H,19,23,25)/b11-6+. The average Bonchev–Trinajstić information content (AvgIpc) is 2.62. The molecule has 1 aliphatic heterocycles. The number of phenols is 1. The summed E-state index contributed by atoms with van der Waals surface area (Å²) in [5.74, 6) is -2.38. The molecule has 0 aliphatic carbocycles. The Morgan fingerprint density at radius 3 is 2.44 bits per heavy atom. The van der Waals surface area contributed by atoms with E-state index in [0.29, 0.717) is 0 Å². The highest BCUT2D eigenvalue weighted by atomic mass is 79.9. The minimum absolute atomic E-state index is 0.0169. The predicted octanol–water partition coefficient (Wildman–Crippen LogP) is 2.73. The minimum atomic E-state index is -0.927. The van der Waals surface area contributed by atoms with Crippen molar-refractivity contribution < 1.29 is 24.4 Å². The molecule has 2 aromatic rings. The van der Waals surface area contributed by atoms with Crippen LogP contribution in [0.2, 0.25) is 0 Å². The first-order valence-corrected chi connectivity index (χ1v) is 8.22. The molecule has 0 unspecified atom stereocenters. The number of para-hydroxylation sites is 1. The summed E-state index contributed by atoms with van der Waals surface area (Å²) in [5, 5.41) is 22.8. The molecule has 27 heavy (non-hydrogen) atoms. The van der Waals surface area contributed by atoms with Crippen LogP contribution in [0.1, 0.15) is 5.56 Å². The number of amides is 4. The number of hydrogen-bond acceptors (Lipinski definition) is 6. The Bertz CT molecular complexity index is 1020. The lowest BCUT2D eigenvalue weighted by molar-refractivity contribution is -0.386. The highest BCUT2D eigenvalue weighted by Gasteiger charge is 2.36. The molecule has 0 radical (unpaired) electrons. The zero-order chi connectivity index (χ0) is 19.7. The number of carbonyl (C=O) groups is 3. The first-order chi connectivity index (χ1) is 12.8. The summed E-state index contributed by atoms with van der Waals surface area (Å²) in [6.45, 7) is 0. The number of carbonyl (C=O) groups excluding carboxylic acids is 3. The van der Waals surface area contributed by atoms with E-state index < -0.39 is 34.2 Å². The Kier molecular flexibility index (Phi) is 4.74. The van der Waals surface area contributed by atoms with Crippen LogP contribution in [0, 0.1) is 10.1 Å². The lowest BCUT2D eigenvalue weighted by Crippen LogP contribution is -2.54. The third-order valence-corrected chi connectivity index (χ3v) is 4.29. The molecule has 1 heterocycles. The van der Waals surface area contributed by atoms with Crippen molar-refractivity contribution in [3.63, 3.8) is 0 Å². The van der Waals surface area contributed by atoms with E-state index in [-0.39, 0.29) is 21.3 Å². The summed E-state index contributed by atoms with van der Waals surface area (Å²) in [6, 6.07) is 9.40. The number of hydrogen-bond donors (Lipinski definition) is 2. The van der Waals surface area contributed by atoms with Gasteiger partial charge < -0.3 is 5.11 Å². The Morgan fingerprint density at radius 2 is 1.81 bits per heavy atom. The van der Waals surface area contributed by atoms with E-state index in [1.54, 1.807) is 18.2 Å². The van der Waals surface area contributed by atoms with Crippen LogP contribution >= 0.6 is 15.9 Å². The number of nitrogens with one attached hydrogen (secondary N) is 1. The van der Waals surface area contributed by atoms with Crippen molar-refractivity contribution in [3.8, 4) is 5.75 Å². The third kappa shape index (κ3) is 3.42. The van der Waals surface area contributed by atoms with E-state index in [0.717, 1.165) is 17.0 Å². The molecule has 9 nitrogen and oxygen atoms in total. The van der Waals surface area contributed by atoms with Gasteiger partial charge in [-0.25, -0.2) is 9.69 Å². The molecule has 2 aromatic carbocycles. The van der Waals surface area contributed by atoms with Gasteiger partial charge in [0.15, 0.2) is 0 Å². The first-order valence-electron chi connectivity index (χ1n) is 7.43. The predicted molar refractivity (Wildman–Crippen MR) is 97.9 cm³/mol. The molecule has 0 aromatic heterocycles. The average molecular weight is 432 g/mol. The lowest BCUT2D eigenvalue weighted by Gasteiger charge is -2.26. The van der Waals surface area contributed by atoms with Gasteiger partial charge in [0.05, 0.1) is 15.1 Å². The number of nitrogens with zero attached hydrogens (tertiary/aromatic N) is 2. The van der Waals surface area contributed by atoms with Gasteiger partial charge in [0.1, 0.15) is 5.57 Å². The highest BCUT2D eigenvalue weighted by molar-refractivity contribution is 9.10. The van der Waals surface area contributed by atoms with Gasteiger partial charge in [-0.2, -0.15) is 0 Å². The molecule has 2 N–H and O–H groups in total. The molecule has 1 fully saturated rings. The van der Waals surface area contributed by atoms with Crippen LogP contribution in [0.25, 0.3) is 6.08 Å². The zero-order valence-electron chi connectivity index (χ0n) is 13.4. The molecule has 0 bridgehead atoms. The summed E-state index contributed by atoms with van der Waals surface area (Å²) < 4.78 is 0.0169. The van der Waals surface area contributed by atoms with Crippen molar-refractivity contribution >= 4 is 51.2 Å². The number of imide groups is 2. The molecule has 0 atom stereocenters. The number of nitro benzene ring substituents is 1. The Hall–Kier alpha value is -3.53. The van der Waals surface area contributed by atoms with E-state index in [1.165, 1.54) is 18.2 Å². The maximum atomic E-state index is 12.7. The molecule has 0 spiro atoms. The molecular weight excluding hydrogens is 422 g/mol.